The Balaban J connectivity index is 1.74. The zero-order chi connectivity index (χ0) is 21.5. The third-order valence-electron chi connectivity index (χ3n) is 4.29. The molecule has 0 saturated carbocycles. The van der Waals surface area contributed by atoms with E-state index in [1.807, 2.05) is 6.07 Å². The van der Waals surface area contributed by atoms with E-state index in [0.717, 1.165) is 5.56 Å². The van der Waals surface area contributed by atoms with Gasteiger partial charge in [0.25, 0.3) is 0 Å². The normalized spacial score (nSPS) is 10.6. The lowest BCUT2D eigenvalue weighted by molar-refractivity contribution is 0.0728. The number of ketones is 1. The van der Waals surface area contributed by atoms with Crippen molar-refractivity contribution in [3.05, 3.63) is 94.0 Å². The largest absolute Gasteiger partial charge is 0.497 e. The number of hydrogen-bond acceptors (Lipinski definition) is 5. The molecule has 3 aromatic carbocycles. The smallest absolute Gasteiger partial charge is 0.344 e. The molecule has 0 bridgehead atoms. The third kappa shape index (κ3) is 5.15. The Morgan fingerprint density at radius 2 is 1.60 bits per heavy atom. The van der Waals surface area contributed by atoms with E-state index in [2.05, 4.69) is 15.9 Å². The molecule has 0 aromatic heterocycles. The zero-order valence-electron chi connectivity index (χ0n) is 16.4. The molecule has 5 nitrogen and oxygen atoms in total. The standard InChI is InChI=1S/C24H19BrO5/c1-28-18-11-9-17(10-12-18)21(26)13-7-16-8-14-22(23(15-16)29-2)30-24(27)19-5-3-4-6-20(19)25/h3-15H,1-2H3. The lowest BCUT2D eigenvalue weighted by Crippen LogP contribution is -2.10. The summed E-state index contributed by atoms with van der Waals surface area (Å²) < 4.78 is 16.6. The molecule has 152 valence electrons. The Morgan fingerprint density at radius 3 is 2.27 bits per heavy atom. The van der Waals surface area contributed by atoms with Crippen LogP contribution in [0, 0.1) is 0 Å². The van der Waals surface area contributed by atoms with Crippen LogP contribution < -0.4 is 14.2 Å². The van der Waals surface area contributed by atoms with Gasteiger partial charge in [0.2, 0.25) is 0 Å². The number of carbonyl (C=O) groups is 2. The second kappa shape index (κ2) is 9.89. The number of allylic oxidation sites excluding steroid dienone is 1. The maximum absolute atomic E-state index is 12.4. The second-order valence-corrected chi connectivity index (χ2v) is 7.06. The predicted octanol–water partition coefficient (Wildman–Crippen LogP) is 5.58. The van der Waals surface area contributed by atoms with Crippen molar-refractivity contribution in [1.82, 2.24) is 0 Å². The van der Waals surface area contributed by atoms with Crippen LogP contribution in [0.1, 0.15) is 26.3 Å². The molecule has 0 aliphatic rings. The Morgan fingerprint density at radius 1 is 0.867 bits per heavy atom. The quantitative estimate of drug-likeness (QED) is 0.197. The first-order valence-electron chi connectivity index (χ1n) is 9.03. The van der Waals surface area contributed by atoms with Gasteiger partial charge in [0, 0.05) is 10.0 Å². The molecule has 0 aliphatic heterocycles. The summed E-state index contributed by atoms with van der Waals surface area (Å²) in [5.41, 5.74) is 1.70. The van der Waals surface area contributed by atoms with E-state index in [4.69, 9.17) is 14.2 Å². The molecular formula is C24H19BrO5. The van der Waals surface area contributed by atoms with Gasteiger partial charge in [-0.2, -0.15) is 0 Å². The SMILES string of the molecule is COc1ccc(C(=O)C=Cc2ccc(OC(=O)c3ccccc3Br)c(OC)c2)cc1. The van der Waals surface area contributed by atoms with Crippen LogP contribution in [0.5, 0.6) is 17.2 Å². The fourth-order valence-corrected chi connectivity index (χ4v) is 3.12. The molecule has 30 heavy (non-hydrogen) atoms. The zero-order valence-corrected chi connectivity index (χ0v) is 18.0. The molecule has 3 rings (SSSR count). The first kappa shape index (κ1) is 21.3. The van der Waals surface area contributed by atoms with E-state index >= 15 is 0 Å². The number of hydrogen-bond donors (Lipinski definition) is 0. The number of ether oxygens (including phenoxy) is 3. The average molecular weight is 467 g/mol. The van der Waals surface area contributed by atoms with Gasteiger partial charge in [-0.25, -0.2) is 4.79 Å². The summed E-state index contributed by atoms with van der Waals surface area (Å²) in [5, 5.41) is 0. The summed E-state index contributed by atoms with van der Waals surface area (Å²) >= 11 is 3.34. The third-order valence-corrected chi connectivity index (χ3v) is 4.98. The van der Waals surface area contributed by atoms with Crippen molar-refractivity contribution in [3.63, 3.8) is 0 Å². The van der Waals surface area contributed by atoms with Crippen LogP contribution in [0.3, 0.4) is 0 Å². The number of halogens is 1. The van der Waals surface area contributed by atoms with Crippen LogP contribution >= 0.6 is 15.9 Å². The van der Waals surface area contributed by atoms with Crippen molar-refractivity contribution < 1.29 is 23.8 Å². The van der Waals surface area contributed by atoms with Crippen molar-refractivity contribution in [3.8, 4) is 17.2 Å². The van der Waals surface area contributed by atoms with Gasteiger partial charge < -0.3 is 14.2 Å². The Bertz CT molecular complexity index is 1090. The van der Waals surface area contributed by atoms with Gasteiger partial charge in [-0.1, -0.05) is 24.3 Å². The van der Waals surface area contributed by atoms with Crippen molar-refractivity contribution in [2.24, 2.45) is 0 Å². The minimum Gasteiger partial charge on any atom is -0.497 e. The van der Waals surface area contributed by atoms with Gasteiger partial charge in [0.1, 0.15) is 5.75 Å². The molecule has 0 amide bonds. The van der Waals surface area contributed by atoms with Crippen LogP contribution in [-0.2, 0) is 0 Å². The molecule has 0 atom stereocenters. The van der Waals surface area contributed by atoms with Crippen LogP contribution in [0.2, 0.25) is 0 Å². The summed E-state index contributed by atoms with van der Waals surface area (Å²) in [6.07, 6.45) is 3.15. The summed E-state index contributed by atoms with van der Waals surface area (Å²) in [4.78, 5) is 24.8. The Kier molecular flexibility index (Phi) is 7.03. The molecule has 0 saturated heterocycles. The Labute approximate surface area is 183 Å². The highest BCUT2D eigenvalue weighted by Gasteiger charge is 2.15. The maximum Gasteiger partial charge on any atom is 0.344 e. The van der Waals surface area contributed by atoms with Gasteiger partial charge in [-0.05, 0) is 76.1 Å². The lowest BCUT2D eigenvalue weighted by Gasteiger charge is -2.10. The number of carbonyl (C=O) groups excluding carboxylic acids is 2. The average Bonchev–Trinajstić information content (AvgIpc) is 2.78. The molecule has 6 heteroatoms. The van der Waals surface area contributed by atoms with Gasteiger partial charge in [0.05, 0.1) is 19.8 Å². The maximum atomic E-state index is 12.4. The summed E-state index contributed by atoms with van der Waals surface area (Å²) in [6.45, 7) is 0. The molecule has 3 aromatic rings. The van der Waals surface area contributed by atoms with Crippen molar-refractivity contribution in [2.45, 2.75) is 0 Å². The molecule has 0 unspecified atom stereocenters. The van der Waals surface area contributed by atoms with Gasteiger partial charge in [-0.15, -0.1) is 0 Å². The lowest BCUT2D eigenvalue weighted by atomic mass is 10.1. The van der Waals surface area contributed by atoms with Crippen molar-refractivity contribution in [2.75, 3.05) is 14.2 Å². The topological polar surface area (TPSA) is 61.8 Å². The van der Waals surface area contributed by atoms with Gasteiger partial charge >= 0.3 is 5.97 Å². The fourth-order valence-electron chi connectivity index (χ4n) is 2.68. The molecule has 0 N–H and O–H groups in total. The summed E-state index contributed by atoms with van der Waals surface area (Å²) in [5.74, 6) is 0.721. The molecule has 0 aliphatic carbocycles. The first-order chi connectivity index (χ1) is 14.5. The number of rotatable bonds is 7. The van der Waals surface area contributed by atoms with E-state index in [0.29, 0.717) is 27.1 Å². The van der Waals surface area contributed by atoms with Gasteiger partial charge in [0.15, 0.2) is 17.3 Å². The summed E-state index contributed by atoms with van der Waals surface area (Å²) in [7, 11) is 3.06. The predicted molar refractivity (Wildman–Crippen MR) is 118 cm³/mol. The van der Waals surface area contributed by atoms with Crippen LogP contribution in [0.15, 0.2) is 77.3 Å². The van der Waals surface area contributed by atoms with Crippen LogP contribution in [0.25, 0.3) is 6.08 Å². The van der Waals surface area contributed by atoms with E-state index in [9.17, 15) is 9.59 Å². The summed E-state index contributed by atoms with van der Waals surface area (Å²) in [6, 6.07) is 18.9. The van der Waals surface area contributed by atoms with Crippen molar-refractivity contribution in [1.29, 1.82) is 0 Å². The van der Waals surface area contributed by atoms with Crippen LogP contribution in [-0.4, -0.2) is 26.0 Å². The highest BCUT2D eigenvalue weighted by atomic mass is 79.9. The van der Waals surface area contributed by atoms with Crippen LogP contribution in [0.4, 0.5) is 0 Å². The van der Waals surface area contributed by atoms with Crippen molar-refractivity contribution >= 4 is 33.8 Å². The second-order valence-electron chi connectivity index (χ2n) is 6.21. The highest BCUT2D eigenvalue weighted by molar-refractivity contribution is 9.10. The number of esters is 1. The van der Waals surface area contributed by atoms with E-state index in [1.54, 1.807) is 73.8 Å². The first-order valence-corrected chi connectivity index (χ1v) is 9.82. The number of methoxy groups -OCH3 is 2. The molecule has 0 heterocycles. The highest BCUT2D eigenvalue weighted by Crippen LogP contribution is 2.30. The molecule has 0 spiro atoms. The molecular weight excluding hydrogens is 448 g/mol. The van der Waals surface area contributed by atoms with E-state index in [-0.39, 0.29) is 11.5 Å². The van der Waals surface area contributed by atoms with E-state index < -0.39 is 5.97 Å². The molecule has 0 radical (unpaired) electrons. The number of benzene rings is 3. The van der Waals surface area contributed by atoms with Gasteiger partial charge in [-0.3, -0.25) is 4.79 Å². The minimum atomic E-state index is -0.501. The monoisotopic (exact) mass is 466 g/mol. The minimum absolute atomic E-state index is 0.138. The Hall–Kier alpha value is -3.38. The fraction of sp³-hybridized carbons (Fsp3) is 0.0833. The molecule has 0 fully saturated rings. The van der Waals surface area contributed by atoms with E-state index in [1.165, 1.54) is 13.2 Å².